The Kier molecular flexibility index (Phi) is 7.58. The zero-order chi connectivity index (χ0) is 29.8. The normalized spacial score (nSPS) is 26.7. The van der Waals surface area contributed by atoms with Crippen LogP contribution in [0, 0.1) is 0 Å². The van der Waals surface area contributed by atoms with Gasteiger partial charge in [0, 0.05) is 6.54 Å². The number of nitrogens with zero attached hydrogens (tertiary/aromatic N) is 1. The second-order valence-electron chi connectivity index (χ2n) is 13.4. The number of carbonyl (C=O) groups is 2. The topological polar surface area (TPSA) is 124 Å². The van der Waals surface area contributed by atoms with Crippen LogP contribution in [0.2, 0.25) is 0 Å². The Morgan fingerprint density at radius 2 is 1.78 bits per heavy atom. The molecule has 0 aromatic heterocycles. The van der Waals surface area contributed by atoms with Crippen molar-refractivity contribution in [3.63, 3.8) is 0 Å². The summed E-state index contributed by atoms with van der Waals surface area (Å²) in [5.74, 6) is -0.155. The smallest absolute Gasteiger partial charge is 0.339 e. The van der Waals surface area contributed by atoms with E-state index >= 15 is 0 Å². The number of hydrogen-bond donors (Lipinski definition) is 2. The van der Waals surface area contributed by atoms with Crippen molar-refractivity contribution >= 4 is 11.9 Å². The van der Waals surface area contributed by atoms with Crippen molar-refractivity contribution < 1.29 is 43.5 Å². The fraction of sp³-hybridized carbons (Fsp3) is 0.677. The lowest BCUT2D eigenvalue weighted by Crippen LogP contribution is -2.50. The van der Waals surface area contributed by atoms with Gasteiger partial charge in [0.25, 0.3) is 0 Å². The molecule has 1 spiro atoms. The van der Waals surface area contributed by atoms with Crippen LogP contribution in [0.3, 0.4) is 0 Å². The van der Waals surface area contributed by atoms with E-state index in [1.807, 2.05) is 12.1 Å². The standard InChI is InChI=1S/C31H43NO9/c1-28(2,3)41-24(33)17-31(36,11-10-29(4,5)35)27(34)40-26-23(37-6)16-30-9-7-12-32(30)13-8-19-14-21-22(39-18-38-21)15-20(19)25(26)30/h14-16,25-26,35-36H,7-13,17-18H2,1-6H3/t25-,26-,30+,31-/m1/s1. The number of rotatable bonds is 8. The van der Waals surface area contributed by atoms with E-state index < -0.39 is 46.8 Å². The summed E-state index contributed by atoms with van der Waals surface area (Å²) in [4.78, 5) is 29.2. The molecule has 0 amide bonds. The molecule has 226 valence electrons. The van der Waals surface area contributed by atoms with Gasteiger partial charge in [-0.05, 0) is 103 Å². The van der Waals surface area contributed by atoms with E-state index in [9.17, 15) is 19.8 Å². The van der Waals surface area contributed by atoms with Crippen molar-refractivity contribution in [1.29, 1.82) is 0 Å². The van der Waals surface area contributed by atoms with Crippen LogP contribution in [-0.2, 0) is 30.2 Å². The van der Waals surface area contributed by atoms with Gasteiger partial charge in [-0.15, -0.1) is 0 Å². The molecule has 3 heterocycles. The second-order valence-corrected chi connectivity index (χ2v) is 13.4. The van der Waals surface area contributed by atoms with Gasteiger partial charge in [0.2, 0.25) is 6.79 Å². The van der Waals surface area contributed by atoms with Crippen LogP contribution in [-0.4, -0.2) is 82.5 Å². The molecular formula is C31H43NO9. The molecule has 10 heteroatoms. The number of esters is 2. The lowest BCUT2D eigenvalue weighted by atomic mass is 9.77. The zero-order valence-electron chi connectivity index (χ0n) is 25.0. The first-order valence-electron chi connectivity index (χ1n) is 14.5. The highest BCUT2D eigenvalue weighted by atomic mass is 16.7. The van der Waals surface area contributed by atoms with Crippen LogP contribution in [0.5, 0.6) is 11.5 Å². The number of fused-ring (bicyclic) bond motifs is 3. The van der Waals surface area contributed by atoms with Gasteiger partial charge in [0.15, 0.2) is 23.2 Å². The van der Waals surface area contributed by atoms with E-state index in [-0.39, 0.29) is 25.6 Å². The van der Waals surface area contributed by atoms with Crippen molar-refractivity contribution in [2.75, 3.05) is 27.0 Å². The van der Waals surface area contributed by atoms with E-state index in [1.165, 1.54) is 0 Å². The Bertz CT molecular complexity index is 1230. The van der Waals surface area contributed by atoms with E-state index in [0.29, 0.717) is 17.3 Å². The summed E-state index contributed by atoms with van der Waals surface area (Å²) in [5, 5.41) is 22.1. The maximum atomic E-state index is 13.9. The zero-order valence-corrected chi connectivity index (χ0v) is 25.0. The highest BCUT2D eigenvalue weighted by molar-refractivity contribution is 5.86. The van der Waals surface area contributed by atoms with Gasteiger partial charge >= 0.3 is 11.9 Å². The average molecular weight is 574 g/mol. The molecule has 1 saturated heterocycles. The van der Waals surface area contributed by atoms with E-state index in [2.05, 4.69) is 11.0 Å². The third kappa shape index (κ3) is 5.79. The molecular weight excluding hydrogens is 530 g/mol. The van der Waals surface area contributed by atoms with Gasteiger partial charge in [-0.25, -0.2) is 4.79 Å². The summed E-state index contributed by atoms with van der Waals surface area (Å²) in [6.07, 6.45) is 3.14. The second kappa shape index (κ2) is 10.5. The minimum Gasteiger partial charge on any atom is -0.497 e. The van der Waals surface area contributed by atoms with Crippen molar-refractivity contribution in [2.45, 2.75) is 108 Å². The first kappa shape index (κ1) is 29.7. The number of benzene rings is 1. The predicted molar refractivity (Wildman–Crippen MR) is 148 cm³/mol. The number of aliphatic hydroxyl groups is 2. The third-order valence-corrected chi connectivity index (χ3v) is 8.59. The summed E-state index contributed by atoms with van der Waals surface area (Å²) in [7, 11) is 1.55. The van der Waals surface area contributed by atoms with Crippen LogP contribution in [0.25, 0.3) is 0 Å². The maximum absolute atomic E-state index is 13.9. The molecule has 1 aliphatic carbocycles. The summed E-state index contributed by atoms with van der Waals surface area (Å²) < 4.78 is 28.9. The third-order valence-electron chi connectivity index (χ3n) is 8.59. The monoisotopic (exact) mass is 573 g/mol. The van der Waals surface area contributed by atoms with E-state index in [1.54, 1.807) is 41.7 Å². The largest absolute Gasteiger partial charge is 0.497 e. The van der Waals surface area contributed by atoms with E-state index in [0.717, 1.165) is 43.5 Å². The number of carbonyl (C=O) groups excluding carboxylic acids is 2. The maximum Gasteiger partial charge on any atom is 0.339 e. The van der Waals surface area contributed by atoms with Crippen LogP contribution in [0.1, 0.15) is 83.8 Å². The molecule has 4 aliphatic rings. The van der Waals surface area contributed by atoms with Gasteiger partial charge in [0.1, 0.15) is 11.4 Å². The van der Waals surface area contributed by atoms with Crippen LogP contribution in [0.4, 0.5) is 0 Å². The molecule has 2 N–H and O–H groups in total. The summed E-state index contributed by atoms with van der Waals surface area (Å²) >= 11 is 0. The SMILES string of the molecule is COC1=C[C@]23CCCN2CCc2cc4c(cc2[C@@H]3[C@@H]1OC(=O)[C@@](O)(CCC(C)(C)O)CC(=O)OC(C)(C)C)OCO4. The lowest BCUT2D eigenvalue weighted by molar-refractivity contribution is -0.182. The molecule has 1 aromatic carbocycles. The highest BCUT2D eigenvalue weighted by Gasteiger charge is 2.59. The van der Waals surface area contributed by atoms with Crippen molar-refractivity contribution in [3.8, 4) is 11.5 Å². The fourth-order valence-corrected chi connectivity index (χ4v) is 6.71. The highest BCUT2D eigenvalue weighted by Crippen LogP contribution is 2.55. The molecule has 1 aromatic rings. The van der Waals surface area contributed by atoms with Gasteiger partial charge in [-0.1, -0.05) is 0 Å². The van der Waals surface area contributed by atoms with Crippen LogP contribution < -0.4 is 9.47 Å². The molecule has 41 heavy (non-hydrogen) atoms. The molecule has 10 nitrogen and oxygen atoms in total. The fourth-order valence-electron chi connectivity index (χ4n) is 6.71. The van der Waals surface area contributed by atoms with Gasteiger partial charge < -0.3 is 33.9 Å². The summed E-state index contributed by atoms with van der Waals surface area (Å²) in [6, 6.07) is 4.00. The number of hydrogen-bond acceptors (Lipinski definition) is 10. The molecule has 0 radical (unpaired) electrons. The van der Waals surface area contributed by atoms with Crippen molar-refractivity contribution in [2.24, 2.45) is 0 Å². The average Bonchev–Trinajstić information content (AvgIpc) is 3.54. The van der Waals surface area contributed by atoms with Gasteiger partial charge in [-0.3, -0.25) is 9.69 Å². The minimum atomic E-state index is -2.21. The minimum absolute atomic E-state index is 0.0620. The molecule has 3 aliphatic heterocycles. The van der Waals surface area contributed by atoms with Crippen LogP contribution >= 0.6 is 0 Å². The Labute approximate surface area is 241 Å². The quantitative estimate of drug-likeness (QED) is 0.448. The molecule has 5 rings (SSSR count). The summed E-state index contributed by atoms with van der Waals surface area (Å²) in [6.45, 7) is 10.2. The molecule has 0 saturated carbocycles. The van der Waals surface area contributed by atoms with E-state index in [4.69, 9.17) is 23.7 Å². The van der Waals surface area contributed by atoms with Crippen molar-refractivity contribution in [1.82, 2.24) is 4.90 Å². The van der Waals surface area contributed by atoms with Gasteiger partial charge in [-0.2, -0.15) is 0 Å². The molecule has 0 unspecified atom stereocenters. The van der Waals surface area contributed by atoms with Crippen LogP contribution in [0.15, 0.2) is 24.0 Å². The lowest BCUT2D eigenvalue weighted by Gasteiger charge is -2.40. The number of methoxy groups -OCH3 is 1. The molecule has 1 fully saturated rings. The number of ether oxygens (including phenoxy) is 5. The van der Waals surface area contributed by atoms with Crippen molar-refractivity contribution in [3.05, 3.63) is 35.1 Å². The first-order chi connectivity index (χ1) is 19.1. The Morgan fingerprint density at radius 3 is 2.44 bits per heavy atom. The van der Waals surface area contributed by atoms with Gasteiger partial charge in [0.05, 0.1) is 30.6 Å². The molecule has 0 bridgehead atoms. The Morgan fingerprint density at radius 1 is 1.07 bits per heavy atom. The Balaban J connectivity index is 1.51. The predicted octanol–water partition coefficient (Wildman–Crippen LogP) is 3.36. The first-order valence-corrected chi connectivity index (χ1v) is 14.5. The Hall–Kier alpha value is -2.82. The molecule has 4 atom stereocenters. The summed E-state index contributed by atoms with van der Waals surface area (Å²) in [5.41, 5.74) is -2.55.